The van der Waals surface area contributed by atoms with Crippen LogP contribution in [0.5, 0.6) is 0 Å². The van der Waals surface area contributed by atoms with Crippen LogP contribution in [0, 0.1) is 0 Å². The van der Waals surface area contributed by atoms with Crippen LogP contribution >= 0.6 is 7.82 Å². The number of phosphoric acid groups is 1. The number of ketones is 1. The van der Waals surface area contributed by atoms with Crippen LogP contribution in [-0.4, -0.2) is 73.2 Å². The maximum absolute atomic E-state index is 12.8. The molecule has 0 rings (SSSR count). The number of hydrogen-bond donors (Lipinski definition) is 3. The predicted molar refractivity (Wildman–Crippen MR) is 114 cm³/mol. The van der Waals surface area contributed by atoms with Crippen LogP contribution in [0.1, 0.15) is 71.1 Å². The molecule has 0 radical (unpaired) electrons. The van der Waals surface area contributed by atoms with Gasteiger partial charge >= 0.3 is 0 Å². The molecule has 0 aliphatic heterocycles. The number of rotatable bonds is 19. The number of quaternary nitrogens is 1. The van der Waals surface area contributed by atoms with Crippen molar-refractivity contribution in [3.63, 3.8) is 0 Å². The number of carbonyl (C=O) groups excluding carboxylic acids is 1. The fourth-order valence-electron chi connectivity index (χ4n) is 3.14. The molecule has 0 heterocycles. The van der Waals surface area contributed by atoms with Gasteiger partial charge in [-0.1, -0.05) is 58.3 Å². The van der Waals surface area contributed by atoms with Gasteiger partial charge in [-0.05, 0) is 6.42 Å². The second kappa shape index (κ2) is 14.6. The number of aliphatic hydroxyl groups excluding tert-OH is 2. The Bertz CT molecular complexity index is 528. The Labute approximate surface area is 181 Å². The van der Waals surface area contributed by atoms with E-state index in [0.717, 1.165) is 19.3 Å². The Balaban J connectivity index is 4.67. The molecule has 2 unspecified atom stereocenters. The zero-order valence-corrected chi connectivity index (χ0v) is 20.1. The second-order valence-electron chi connectivity index (χ2n) is 9.01. The van der Waals surface area contributed by atoms with Crippen LogP contribution < -0.4 is 10.6 Å². The number of phosphoric ester groups is 1. The van der Waals surface area contributed by atoms with Crippen LogP contribution in [-0.2, 0) is 18.4 Å². The van der Waals surface area contributed by atoms with Gasteiger partial charge in [-0.2, -0.15) is 0 Å². The van der Waals surface area contributed by atoms with Crippen molar-refractivity contribution in [2.75, 3.05) is 40.9 Å². The normalized spacial score (nSPS) is 17.3. The van der Waals surface area contributed by atoms with Crippen molar-refractivity contribution < 1.29 is 38.0 Å². The molecule has 0 saturated heterocycles. The molecule has 0 aromatic heterocycles. The molecule has 0 aliphatic carbocycles. The quantitative estimate of drug-likeness (QED) is 0.116. The lowest BCUT2D eigenvalue weighted by Gasteiger charge is -2.38. The third-order valence-electron chi connectivity index (χ3n) is 4.60. The summed E-state index contributed by atoms with van der Waals surface area (Å²) in [6.45, 7) is 0.781. The molecular weight excluding hydrogens is 411 g/mol. The summed E-state index contributed by atoms with van der Waals surface area (Å²) in [5, 5.41) is 18.0. The standard InChI is InChI=1S/C20H43N2O7P/c1-5-6-7-8-9-10-11-12-13-14-19(25)20(21,17-22(2,3)4)29-30(26,27)28-16-18(24)15-23/h18,23-24H,5-17,21H2,1-4H3/t18-,20?/m1/s1. The Morgan fingerprint density at radius 1 is 1.10 bits per heavy atom. The fourth-order valence-corrected chi connectivity index (χ4v) is 4.10. The number of nitrogens with two attached hydrogens (primary N) is 1. The summed E-state index contributed by atoms with van der Waals surface area (Å²) in [7, 11) is 0.339. The SMILES string of the molecule is CCCCCCCCCCCC(=O)C(N)(C[N+](C)(C)C)OP(=O)([O-])OC[C@H](O)CO. The van der Waals surface area contributed by atoms with Crippen LogP contribution in [0.3, 0.4) is 0 Å². The number of hydrogen-bond acceptors (Lipinski definition) is 8. The van der Waals surface area contributed by atoms with E-state index in [-0.39, 0.29) is 17.4 Å². The molecule has 0 fully saturated rings. The molecule has 0 amide bonds. The van der Waals surface area contributed by atoms with Crippen molar-refractivity contribution in [3.8, 4) is 0 Å². The van der Waals surface area contributed by atoms with Gasteiger partial charge in [-0.25, -0.2) is 0 Å². The van der Waals surface area contributed by atoms with E-state index in [4.69, 9.17) is 15.4 Å². The Morgan fingerprint density at radius 3 is 2.07 bits per heavy atom. The Hall–Kier alpha value is -0.380. The highest BCUT2D eigenvalue weighted by molar-refractivity contribution is 7.46. The van der Waals surface area contributed by atoms with Gasteiger partial charge in [-0.15, -0.1) is 0 Å². The fraction of sp³-hybridized carbons (Fsp3) is 0.950. The van der Waals surface area contributed by atoms with Crippen LogP contribution in [0.25, 0.3) is 0 Å². The van der Waals surface area contributed by atoms with Gasteiger partial charge in [0.15, 0.2) is 5.78 Å². The lowest BCUT2D eigenvalue weighted by molar-refractivity contribution is -0.875. The minimum Gasteiger partial charge on any atom is -0.756 e. The van der Waals surface area contributed by atoms with E-state index in [0.29, 0.717) is 6.42 Å². The Morgan fingerprint density at radius 2 is 1.60 bits per heavy atom. The number of unbranched alkanes of at least 4 members (excludes halogenated alkanes) is 8. The topological polar surface area (TPSA) is 142 Å². The third-order valence-corrected chi connectivity index (χ3v) is 5.61. The number of aliphatic hydroxyl groups is 2. The molecule has 0 bridgehead atoms. The first kappa shape index (κ1) is 29.6. The van der Waals surface area contributed by atoms with Crippen molar-refractivity contribution in [3.05, 3.63) is 0 Å². The number of Topliss-reactive ketones (excluding diaryl/α,β-unsaturated/α-hetero) is 1. The molecule has 0 saturated carbocycles. The van der Waals surface area contributed by atoms with Crippen LogP contribution in [0.2, 0.25) is 0 Å². The summed E-state index contributed by atoms with van der Waals surface area (Å²) >= 11 is 0. The maximum Gasteiger partial charge on any atom is 0.270 e. The zero-order chi connectivity index (χ0) is 23.3. The van der Waals surface area contributed by atoms with Crippen LogP contribution in [0.15, 0.2) is 0 Å². The molecule has 10 heteroatoms. The molecule has 4 N–H and O–H groups in total. The summed E-state index contributed by atoms with van der Waals surface area (Å²) in [6.07, 6.45) is 8.55. The van der Waals surface area contributed by atoms with Crippen molar-refractivity contribution >= 4 is 13.6 Å². The van der Waals surface area contributed by atoms with E-state index in [1.54, 1.807) is 21.1 Å². The van der Waals surface area contributed by atoms with E-state index in [1.165, 1.54) is 32.1 Å². The second-order valence-corrected chi connectivity index (χ2v) is 10.3. The lowest BCUT2D eigenvalue weighted by Crippen LogP contribution is -2.61. The molecule has 0 aliphatic rings. The van der Waals surface area contributed by atoms with Gasteiger partial charge in [0.25, 0.3) is 7.82 Å². The van der Waals surface area contributed by atoms with Crippen LogP contribution in [0.4, 0.5) is 0 Å². The summed E-state index contributed by atoms with van der Waals surface area (Å²) < 4.78 is 21.9. The first-order valence-electron chi connectivity index (χ1n) is 10.9. The monoisotopic (exact) mass is 454 g/mol. The molecule has 180 valence electrons. The summed E-state index contributed by atoms with van der Waals surface area (Å²) in [4.78, 5) is 24.9. The molecule has 3 atom stereocenters. The van der Waals surface area contributed by atoms with E-state index >= 15 is 0 Å². The van der Waals surface area contributed by atoms with Gasteiger partial charge in [-0.3, -0.25) is 19.6 Å². The van der Waals surface area contributed by atoms with Gasteiger partial charge in [0, 0.05) is 6.42 Å². The third kappa shape index (κ3) is 14.6. The van der Waals surface area contributed by atoms with Gasteiger partial charge in [0.2, 0.25) is 5.72 Å². The first-order chi connectivity index (χ1) is 13.9. The average molecular weight is 455 g/mol. The summed E-state index contributed by atoms with van der Waals surface area (Å²) in [5.41, 5.74) is 4.05. The zero-order valence-electron chi connectivity index (χ0n) is 19.2. The van der Waals surface area contributed by atoms with E-state index in [2.05, 4.69) is 11.4 Å². The van der Waals surface area contributed by atoms with Gasteiger partial charge in [0.1, 0.15) is 12.6 Å². The predicted octanol–water partition coefficient (Wildman–Crippen LogP) is 1.69. The largest absolute Gasteiger partial charge is 0.756 e. The van der Waals surface area contributed by atoms with Crippen molar-refractivity contribution in [1.82, 2.24) is 0 Å². The minimum absolute atomic E-state index is 0.0681. The first-order valence-corrected chi connectivity index (χ1v) is 12.4. The average Bonchev–Trinajstić information content (AvgIpc) is 2.62. The van der Waals surface area contributed by atoms with Crippen molar-refractivity contribution in [1.29, 1.82) is 0 Å². The molecular formula is C20H43N2O7P. The number of carbonyl (C=O) groups is 1. The minimum atomic E-state index is -4.96. The molecule has 0 aromatic carbocycles. The summed E-state index contributed by atoms with van der Waals surface area (Å²) in [5.74, 6) is -0.499. The highest BCUT2D eigenvalue weighted by atomic mass is 31.2. The van der Waals surface area contributed by atoms with Crippen molar-refractivity contribution in [2.24, 2.45) is 5.73 Å². The van der Waals surface area contributed by atoms with E-state index in [1.807, 2.05) is 0 Å². The molecule has 9 nitrogen and oxygen atoms in total. The highest BCUT2D eigenvalue weighted by Gasteiger charge is 2.43. The number of nitrogens with zero attached hydrogens (tertiary/aromatic N) is 1. The Kier molecular flexibility index (Phi) is 14.5. The van der Waals surface area contributed by atoms with Crippen molar-refractivity contribution in [2.45, 2.75) is 83.0 Å². The summed E-state index contributed by atoms with van der Waals surface area (Å²) in [6, 6.07) is 0. The molecule has 0 aromatic rings. The van der Waals surface area contributed by atoms with Gasteiger partial charge < -0.3 is 24.1 Å². The molecule has 0 spiro atoms. The smallest absolute Gasteiger partial charge is 0.270 e. The van der Waals surface area contributed by atoms with Gasteiger partial charge in [0.05, 0.1) is 34.4 Å². The molecule has 30 heavy (non-hydrogen) atoms. The van der Waals surface area contributed by atoms with E-state index in [9.17, 15) is 19.4 Å². The van der Waals surface area contributed by atoms with E-state index < -0.39 is 38.6 Å². The maximum atomic E-state index is 12.8. The highest BCUT2D eigenvalue weighted by Crippen LogP contribution is 2.42. The number of likely N-dealkylation sites (N-methyl/N-ethyl adjacent to an activating group) is 1. The lowest BCUT2D eigenvalue weighted by atomic mass is 10.0.